The number of carbonyl (C=O) groups is 2. The zero-order chi connectivity index (χ0) is 18.2. The number of nitrogens with one attached hydrogen (secondary N) is 1. The molecule has 2 aromatic rings. The molecule has 1 N–H and O–H groups in total. The molecule has 0 atom stereocenters. The highest BCUT2D eigenvalue weighted by Gasteiger charge is 2.14. The minimum absolute atomic E-state index is 0.0285. The van der Waals surface area contributed by atoms with Crippen molar-refractivity contribution < 1.29 is 14.1 Å². The third-order valence-electron chi connectivity index (χ3n) is 3.71. The van der Waals surface area contributed by atoms with Gasteiger partial charge in [0.05, 0.1) is 11.5 Å². The Kier molecular flexibility index (Phi) is 7.06. The van der Waals surface area contributed by atoms with E-state index in [9.17, 15) is 9.59 Å². The zero-order valence-electron chi connectivity index (χ0n) is 14.7. The van der Waals surface area contributed by atoms with Gasteiger partial charge in [-0.05, 0) is 31.9 Å². The third kappa shape index (κ3) is 5.94. The Balaban J connectivity index is 1.77. The molecule has 6 nitrogen and oxygen atoms in total. The molecular weight excluding hydrogens is 338 g/mol. The molecule has 0 aliphatic rings. The first-order valence-corrected chi connectivity index (χ1v) is 9.28. The quantitative estimate of drug-likeness (QED) is 0.782. The number of hydrogen-bond donors (Lipinski definition) is 1. The first kappa shape index (κ1) is 19.1. The number of thioether (sulfide) groups is 1. The van der Waals surface area contributed by atoms with Gasteiger partial charge in [0.1, 0.15) is 5.76 Å². The fourth-order valence-electron chi connectivity index (χ4n) is 2.30. The maximum atomic E-state index is 12.4. The Morgan fingerprint density at radius 3 is 2.64 bits per heavy atom. The van der Waals surface area contributed by atoms with Gasteiger partial charge < -0.3 is 14.7 Å². The van der Waals surface area contributed by atoms with Gasteiger partial charge >= 0.3 is 0 Å². The Morgan fingerprint density at radius 2 is 2.00 bits per heavy atom. The van der Waals surface area contributed by atoms with Gasteiger partial charge in [0, 0.05) is 19.2 Å². The number of rotatable bonds is 8. The SMILES string of the molecule is CCN(Cc1ccccc1C)C(=O)CSCC(=O)Nc1cc(C)on1. The summed E-state index contributed by atoms with van der Waals surface area (Å²) >= 11 is 1.29. The van der Waals surface area contributed by atoms with Crippen LogP contribution in [-0.2, 0) is 16.1 Å². The van der Waals surface area contributed by atoms with Crippen molar-refractivity contribution in [2.75, 3.05) is 23.4 Å². The molecule has 0 radical (unpaired) electrons. The predicted molar refractivity (Wildman–Crippen MR) is 99.5 cm³/mol. The summed E-state index contributed by atoms with van der Waals surface area (Å²) in [5, 5.41) is 6.34. The first-order valence-electron chi connectivity index (χ1n) is 8.12. The van der Waals surface area contributed by atoms with Crippen molar-refractivity contribution in [3.8, 4) is 0 Å². The van der Waals surface area contributed by atoms with Crippen LogP contribution in [0.3, 0.4) is 0 Å². The lowest BCUT2D eigenvalue weighted by Crippen LogP contribution is -2.32. The molecule has 0 aliphatic heterocycles. The number of benzene rings is 1. The molecule has 1 aromatic heterocycles. The van der Waals surface area contributed by atoms with Crippen LogP contribution in [-0.4, -0.2) is 39.9 Å². The van der Waals surface area contributed by atoms with Crippen LogP contribution in [0.5, 0.6) is 0 Å². The smallest absolute Gasteiger partial charge is 0.235 e. The van der Waals surface area contributed by atoms with Gasteiger partial charge in [0.15, 0.2) is 5.82 Å². The maximum Gasteiger partial charge on any atom is 0.235 e. The fourth-order valence-corrected chi connectivity index (χ4v) is 3.01. The summed E-state index contributed by atoms with van der Waals surface area (Å²) in [6.07, 6.45) is 0. The van der Waals surface area contributed by atoms with Crippen molar-refractivity contribution >= 4 is 29.4 Å². The molecule has 0 aliphatic carbocycles. The number of carbonyl (C=O) groups excluding carboxylic acids is 2. The molecule has 0 spiro atoms. The molecular formula is C18H23N3O3S. The lowest BCUT2D eigenvalue weighted by Gasteiger charge is -2.21. The Bertz CT molecular complexity index is 730. The monoisotopic (exact) mass is 361 g/mol. The van der Waals surface area contributed by atoms with Gasteiger partial charge in [-0.15, -0.1) is 11.8 Å². The average Bonchev–Trinajstić information content (AvgIpc) is 2.98. The molecule has 0 fully saturated rings. The molecule has 1 aromatic carbocycles. The number of aromatic nitrogens is 1. The van der Waals surface area contributed by atoms with Crippen LogP contribution in [0.15, 0.2) is 34.9 Å². The molecule has 2 amide bonds. The molecule has 7 heteroatoms. The number of nitrogens with zero attached hydrogens (tertiary/aromatic N) is 2. The van der Waals surface area contributed by atoms with Gasteiger partial charge in [-0.25, -0.2) is 0 Å². The number of aryl methyl sites for hydroxylation is 2. The molecule has 25 heavy (non-hydrogen) atoms. The summed E-state index contributed by atoms with van der Waals surface area (Å²) in [7, 11) is 0. The van der Waals surface area contributed by atoms with E-state index in [0.29, 0.717) is 24.7 Å². The molecule has 1 heterocycles. The van der Waals surface area contributed by atoms with Crippen LogP contribution in [0.4, 0.5) is 5.82 Å². The van der Waals surface area contributed by atoms with Crippen molar-refractivity contribution in [3.05, 3.63) is 47.2 Å². The van der Waals surface area contributed by atoms with Crippen LogP contribution >= 0.6 is 11.8 Å². The van der Waals surface area contributed by atoms with E-state index in [0.717, 1.165) is 5.56 Å². The summed E-state index contributed by atoms with van der Waals surface area (Å²) in [5.41, 5.74) is 2.31. The van der Waals surface area contributed by atoms with Crippen LogP contribution in [0.1, 0.15) is 23.8 Å². The Hall–Kier alpha value is -2.28. The topological polar surface area (TPSA) is 75.4 Å². The summed E-state index contributed by atoms with van der Waals surface area (Å²) < 4.78 is 4.89. The van der Waals surface area contributed by atoms with E-state index >= 15 is 0 Å². The van der Waals surface area contributed by atoms with E-state index in [1.54, 1.807) is 17.9 Å². The summed E-state index contributed by atoms with van der Waals surface area (Å²) in [5.74, 6) is 1.32. The van der Waals surface area contributed by atoms with Gasteiger partial charge in [-0.3, -0.25) is 9.59 Å². The normalized spacial score (nSPS) is 10.5. The van der Waals surface area contributed by atoms with E-state index in [-0.39, 0.29) is 23.3 Å². The highest BCUT2D eigenvalue weighted by Crippen LogP contribution is 2.13. The van der Waals surface area contributed by atoms with Gasteiger partial charge in [-0.2, -0.15) is 0 Å². The van der Waals surface area contributed by atoms with Crippen LogP contribution in [0.2, 0.25) is 0 Å². The van der Waals surface area contributed by atoms with Gasteiger partial charge in [-0.1, -0.05) is 29.4 Å². The second-order valence-electron chi connectivity index (χ2n) is 5.70. The largest absolute Gasteiger partial charge is 0.360 e. The van der Waals surface area contributed by atoms with Crippen molar-refractivity contribution in [3.63, 3.8) is 0 Å². The predicted octanol–water partition coefficient (Wildman–Crippen LogP) is 3.01. The van der Waals surface area contributed by atoms with Crippen LogP contribution < -0.4 is 5.32 Å². The van der Waals surface area contributed by atoms with Crippen LogP contribution in [0, 0.1) is 13.8 Å². The van der Waals surface area contributed by atoms with Crippen molar-refractivity contribution in [2.45, 2.75) is 27.3 Å². The van der Waals surface area contributed by atoms with Gasteiger partial charge in [0.25, 0.3) is 0 Å². The molecule has 2 rings (SSSR count). The summed E-state index contributed by atoms with van der Waals surface area (Å²) in [4.78, 5) is 26.0. The lowest BCUT2D eigenvalue weighted by atomic mass is 10.1. The summed E-state index contributed by atoms with van der Waals surface area (Å²) in [6, 6.07) is 9.69. The Labute approximate surface area is 151 Å². The maximum absolute atomic E-state index is 12.4. The van der Waals surface area contributed by atoms with Gasteiger partial charge in [0.2, 0.25) is 11.8 Å². The third-order valence-corrected chi connectivity index (χ3v) is 4.63. The highest BCUT2D eigenvalue weighted by atomic mass is 32.2. The lowest BCUT2D eigenvalue weighted by molar-refractivity contribution is -0.128. The van der Waals surface area contributed by atoms with E-state index in [1.165, 1.54) is 17.3 Å². The van der Waals surface area contributed by atoms with E-state index in [1.807, 2.05) is 38.1 Å². The Morgan fingerprint density at radius 1 is 1.24 bits per heavy atom. The number of anilines is 1. The van der Waals surface area contributed by atoms with E-state index in [2.05, 4.69) is 10.5 Å². The zero-order valence-corrected chi connectivity index (χ0v) is 15.6. The minimum atomic E-state index is -0.201. The molecule has 0 bridgehead atoms. The average molecular weight is 361 g/mol. The minimum Gasteiger partial charge on any atom is -0.360 e. The second-order valence-corrected chi connectivity index (χ2v) is 6.68. The number of amides is 2. The van der Waals surface area contributed by atoms with Crippen LogP contribution in [0.25, 0.3) is 0 Å². The number of hydrogen-bond acceptors (Lipinski definition) is 5. The molecule has 0 saturated carbocycles. The van der Waals surface area contributed by atoms with E-state index < -0.39 is 0 Å². The second kappa shape index (κ2) is 9.27. The first-order chi connectivity index (χ1) is 12.0. The molecule has 0 saturated heterocycles. The van der Waals surface area contributed by atoms with E-state index in [4.69, 9.17) is 4.52 Å². The van der Waals surface area contributed by atoms with Crippen molar-refractivity contribution in [1.29, 1.82) is 0 Å². The molecule has 134 valence electrons. The highest BCUT2D eigenvalue weighted by molar-refractivity contribution is 8.00. The summed E-state index contributed by atoms with van der Waals surface area (Å²) in [6.45, 7) is 6.98. The molecule has 0 unspecified atom stereocenters. The van der Waals surface area contributed by atoms with Crippen molar-refractivity contribution in [2.24, 2.45) is 0 Å². The van der Waals surface area contributed by atoms with Crippen molar-refractivity contribution in [1.82, 2.24) is 10.1 Å². The standard InChI is InChI=1S/C18H23N3O3S/c1-4-21(10-15-8-6-5-7-13(15)2)18(23)12-25-11-17(22)19-16-9-14(3)24-20-16/h5-9H,4,10-12H2,1-3H3,(H,19,20,22). The fraction of sp³-hybridized carbons (Fsp3) is 0.389.